The molecule has 0 radical (unpaired) electrons. The molecule has 86 valence electrons. The van der Waals surface area contributed by atoms with Gasteiger partial charge in [-0.1, -0.05) is 0 Å². The van der Waals surface area contributed by atoms with E-state index in [0.717, 1.165) is 0 Å². The Morgan fingerprint density at radius 2 is 2.12 bits per heavy atom. The number of amides is 1. The van der Waals surface area contributed by atoms with Crippen molar-refractivity contribution in [3.8, 4) is 0 Å². The van der Waals surface area contributed by atoms with Gasteiger partial charge in [-0.15, -0.1) is 0 Å². The Balaban J connectivity index is 2.95. The van der Waals surface area contributed by atoms with Gasteiger partial charge in [0.1, 0.15) is 0 Å². The lowest BCUT2D eigenvalue weighted by atomic mass is 10.2. The zero-order valence-electron chi connectivity index (χ0n) is 8.53. The predicted molar refractivity (Wildman–Crippen MR) is 63.4 cm³/mol. The van der Waals surface area contributed by atoms with Crippen LogP contribution in [0.3, 0.4) is 0 Å². The maximum atomic E-state index is 11.3. The van der Waals surface area contributed by atoms with Crippen LogP contribution in [-0.2, 0) is 4.79 Å². The number of hydrogen-bond donors (Lipinski definition) is 3. The Morgan fingerprint density at radius 1 is 1.50 bits per heavy atom. The second-order valence-corrected chi connectivity index (χ2v) is 4.13. The van der Waals surface area contributed by atoms with E-state index in [1.807, 2.05) is 0 Å². The molecule has 1 aromatic carbocycles. The quantitative estimate of drug-likeness (QED) is 0.784. The van der Waals surface area contributed by atoms with Crippen LogP contribution in [0.2, 0.25) is 0 Å². The molecule has 0 aromatic heterocycles. The normalized spacial score (nSPS) is 11.9. The largest absolute Gasteiger partial charge is 0.478 e. The molecule has 0 aliphatic carbocycles. The summed E-state index contributed by atoms with van der Waals surface area (Å²) in [6, 6.07) is 3.88. The minimum absolute atomic E-state index is 0.0856. The Bertz CT molecular complexity index is 432. The summed E-state index contributed by atoms with van der Waals surface area (Å²) in [7, 11) is 0. The first kappa shape index (κ1) is 12.7. The molecule has 0 saturated carbocycles. The number of benzene rings is 1. The van der Waals surface area contributed by atoms with Crippen LogP contribution in [0.4, 0.5) is 5.69 Å². The molecule has 0 fully saturated rings. The molecule has 1 amide bonds. The lowest BCUT2D eigenvalue weighted by molar-refractivity contribution is -0.117. The summed E-state index contributed by atoms with van der Waals surface area (Å²) in [5.74, 6) is -1.43. The molecular weight excluding hydrogens is 276 g/mol. The van der Waals surface area contributed by atoms with E-state index in [-0.39, 0.29) is 11.5 Å². The molecule has 0 aliphatic rings. The molecule has 4 N–H and O–H groups in total. The Kier molecular flexibility index (Phi) is 4.03. The topological polar surface area (TPSA) is 92.4 Å². The molecule has 6 heteroatoms. The highest BCUT2D eigenvalue weighted by Gasteiger charge is 2.12. The van der Waals surface area contributed by atoms with Crippen LogP contribution in [0.1, 0.15) is 17.3 Å². The molecule has 0 unspecified atom stereocenters. The van der Waals surface area contributed by atoms with E-state index >= 15 is 0 Å². The van der Waals surface area contributed by atoms with Gasteiger partial charge in [-0.25, -0.2) is 4.79 Å². The molecule has 1 atom stereocenters. The number of hydrogen-bond acceptors (Lipinski definition) is 3. The van der Waals surface area contributed by atoms with Crippen molar-refractivity contribution in [2.24, 2.45) is 5.73 Å². The lowest BCUT2D eigenvalue weighted by Gasteiger charge is -2.09. The fourth-order valence-electron chi connectivity index (χ4n) is 1.02. The molecule has 16 heavy (non-hydrogen) atoms. The summed E-state index contributed by atoms with van der Waals surface area (Å²) < 4.78 is 0.457. The fourth-order valence-corrected chi connectivity index (χ4v) is 1.44. The van der Waals surface area contributed by atoms with Crippen molar-refractivity contribution in [3.05, 3.63) is 28.2 Å². The number of halogens is 1. The number of nitrogens with one attached hydrogen (secondary N) is 1. The summed E-state index contributed by atoms with van der Waals surface area (Å²) in [6.45, 7) is 1.55. The van der Waals surface area contributed by atoms with Gasteiger partial charge < -0.3 is 16.2 Å². The SMILES string of the molecule is C[C@H](N)C(=O)Nc1ccc(Br)c(C(=O)O)c1. The Morgan fingerprint density at radius 3 is 2.62 bits per heavy atom. The average molecular weight is 287 g/mol. The minimum atomic E-state index is -1.07. The molecule has 0 saturated heterocycles. The Labute approximate surface area is 101 Å². The van der Waals surface area contributed by atoms with Crippen LogP contribution >= 0.6 is 15.9 Å². The molecule has 0 spiro atoms. The maximum absolute atomic E-state index is 11.3. The number of nitrogens with two attached hydrogens (primary N) is 1. The third-order valence-corrected chi connectivity index (χ3v) is 2.57. The monoisotopic (exact) mass is 286 g/mol. The number of carbonyl (C=O) groups is 2. The van der Waals surface area contributed by atoms with E-state index in [1.54, 1.807) is 19.1 Å². The second kappa shape index (κ2) is 5.09. The second-order valence-electron chi connectivity index (χ2n) is 3.28. The van der Waals surface area contributed by atoms with Gasteiger partial charge in [0.2, 0.25) is 5.91 Å². The third-order valence-electron chi connectivity index (χ3n) is 1.88. The van der Waals surface area contributed by atoms with E-state index in [1.165, 1.54) is 6.07 Å². The van der Waals surface area contributed by atoms with Crippen molar-refractivity contribution in [1.82, 2.24) is 0 Å². The average Bonchev–Trinajstić information content (AvgIpc) is 2.20. The van der Waals surface area contributed by atoms with Gasteiger partial charge in [0.25, 0.3) is 0 Å². The fraction of sp³-hybridized carbons (Fsp3) is 0.200. The number of rotatable bonds is 3. The first-order valence-corrected chi connectivity index (χ1v) is 5.30. The molecular formula is C10H11BrN2O3. The highest BCUT2D eigenvalue weighted by atomic mass is 79.9. The van der Waals surface area contributed by atoms with Crippen molar-refractivity contribution in [2.45, 2.75) is 13.0 Å². The van der Waals surface area contributed by atoms with Crippen LogP contribution in [0, 0.1) is 0 Å². The van der Waals surface area contributed by atoms with Gasteiger partial charge in [0, 0.05) is 10.2 Å². The molecule has 0 aliphatic heterocycles. The Hall–Kier alpha value is -1.40. The van der Waals surface area contributed by atoms with Crippen LogP contribution in [0.15, 0.2) is 22.7 Å². The predicted octanol–water partition coefficient (Wildman–Crippen LogP) is 1.43. The highest BCUT2D eigenvalue weighted by Crippen LogP contribution is 2.21. The van der Waals surface area contributed by atoms with Gasteiger partial charge in [0.15, 0.2) is 0 Å². The van der Waals surface area contributed by atoms with E-state index < -0.39 is 12.0 Å². The maximum Gasteiger partial charge on any atom is 0.336 e. The zero-order chi connectivity index (χ0) is 12.3. The van der Waals surface area contributed by atoms with Crippen molar-refractivity contribution in [2.75, 3.05) is 5.32 Å². The van der Waals surface area contributed by atoms with Crippen molar-refractivity contribution < 1.29 is 14.7 Å². The number of aromatic carboxylic acids is 1. The highest BCUT2D eigenvalue weighted by molar-refractivity contribution is 9.10. The molecule has 5 nitrogen and oxygen atoms in total. The first-order chi connectivity index (χ1) is 7.41. The van der Waals surface area contributed by atoms with E-state index in [4.69, 9.17) is 10.8 Å². The van der Waals surface area contributed by atoms with E-state index in [2.05, 4.69) is 21.2 Å². The van der Waals surface area contributed by atoms with Crippen LogP contribution in [0.5, 0.6) is 0 Å². The standard InChI is InChI=1S/C10H11BrN2O3/c1-5(12)9(14)13-6-2-3-8(11)7(4-6)10(15)16/h2-5H,12H2,1H3,(H,13,14)(H,15,16)/t5-/m0/s1. The lowest BCUT2D eigenvalue weighted by Crippen LogP contribution is -2.32. The number of carboxylic acids is 1. The van der Waals surface area contributed by atoms with Gasteiger partial charge in [0.05, 0.1) is 11.6 Å². The minimum Gasteiger partial charge on any atom is -0.478 e. The van der Waals surface area contributed by atoms with Crippen LogP contribution in [-0.4, -0.2) is 23.0 Å². The van der Waals surface area contributed by atoms with Gasteiger partial charge >= 0.3 is 5.97 Å². The van der Waals surface area contributed by atoms with Crippen molar-refractivity contribution in [1.29, 1.82) is 0 Å². The van der Waals surface area contributed by atoms with E-state index in [0.29, 0.717) is 10.2 Å². The van der Waals surface area contributed by atoms with Gasteiger partial charge in [-0.05, 0) is 41.1 Å². The zero-order valence-corrected chi connectivity index (χ0v) is 10.1. The number of carboxylic acid groups (broad SMARTS) is 1. The van der Waals surface area contributed by atoms with Crippen molar-refractivity contribution >= 4 is 33.5 Å². The summed E-state index contributed by atoms with van der Waals surface area (Å²) in [5.41, 5.74) is 5.86. The molecule has 0 bridgehead atoms. The molecule has 0 heterocycles. The van der Waals surface area contributed by atoms with Gasteiger partial charge in [-0.3, -0.25) is 4.79 Å². The van der Waals surface area contributed by atoms with E-state index in [9.17, 15) is 9.59 Å². The summed E-state index contributed by atoms with van der Waals surface area (Å²) in [6.07, 6.45) is 0. The summed E-state index contributed by atoms with van der Waals surface area (Å²) in [4.78, 5) is 22.1. The van der Waals surface area contributed by atoms with Crippen molar-refractivity contribution in [3.63, 3.8) is 0 Å². The summed E-state index contributed by atoms with van der Waals surface area (Å²) >= 11 is 3.11. The first-order valence-electron chi connectivity index (χ1n) is 4.51. The number of anilines is 1. The van der Waals surface area contributed by atoms with Crippen LogP contribution < -0.4 is 11.1 Å². The third kappa shape index (κ3) is 3.04. The van der Waals surface area contributed by atoms with Gasteiger partial charge in [-0.2, -0.15) is 0 Å². The van der Waals surface area contributed by atoms with Crippen LogP contribution in [0.25, 0.3) is 0 Å². The number of carbonyl (C=O) groups excluding carboxylic acids is 1. The smallest absolute Gasteiger partial charge is 0.336 e. The molecule has 1 aromatic rings. The molecule has 1 rings (SSSR count). The summed E-state index contributed by atoms with van der Waals surface area (Å²) in [5, 5.41) is 11.4.